The van der Waals surface area contributed by atoms with E-state index in [9.17, 15) is 9.59 Å². The average molecular weight is 375 g/mol. The van der Waals surface area contributed by atoms with Gasteiger partial charge in [-0.05, 0) is 49.1 Å². The largest absolute Gasteiger partial charge is 0.357 e. The molecular formula is C21H21N5O2. The molecule has 142 valence electrons. The Morgan fingerprint density at radius 2 is 2.04 bits per heavy atom. The highest BCUT2D eigenvalue weighted by Crippen LogP contribution is 2.20. The first-order valence-corrected chi connectivity index (χ1v) is 9.04. The van der Waals surface area contributed by atoms with E-state index < -0.39 is 0 Å². The van der Waals surface area contributed by atoms with Gasteiger partial charge in [0.05, 0.1) is 11.6 Å². The number of aromatic nitrogens is 4. The number of carbonyl (C=O) groups excluding carboxylic acids is 1. The first-order chi connectivity index (χ1) is 13.4. The lowest BCUT2D eigenvalue weighted by molar-refractivity contribution is -0.118. The van der Waals surface area contributed by atoms with E-state index in [4.69, 9.17) is 0 Å². The zero-order valence-corrected chi connectivity index (χ0v) is 15.9. The minimum atomic E-state index is -0.217. The quantitative estimate of drug-likeness (QED) is 0.479. The summed E-state index contributed by atoms with van der Waals surface area (Å²) in [5.74, 6) is -0.158. The molecule has 1 amide bonds. The Hall–Kier alpha value is -3.61. The molecule has 0 saturated heterocycles. The molecule has 0 radical (unpaired) electrons. The van der Waals surface area contributed by atoms with E-state index in [1.807, 2.05) is 43.3 Å². The average Bonchev–Trinajstić information content (AvgIpc) is 3.23. The zero-order valence-electron chi connectivity index (χ0n) is 15.9. The molecule has 0 aliphatic rings. The van der Waals surface area contributed by atoms with Crippen LogP contribution < -0.4 is 11.0 Å². The summed E-state index contributed by atoms with van der Waals surface area (Å²) in [4.78, 5) is 34.6. The Morgan fingerprint density at radius 1 is 1.25 bits per heavy atom. The Labute approximate surface area is 161 Å². The number of pyridine rings is 1. The molecule has 3 N–H and O–H groups in total. The second-order valence-corrected chi connectivity index (χ2v) is 6.96. The van der Waals surface area contributed by atoms with E-state index in [-0.39, 0.29) is 17.6 Å². The predicted octanol–water partition coefficient (Wildman–Crippen LogP) is 3.02. The molecule has 1 aromatic carbocycles. The van der Waals surface area contributed by atoms with Crippen LogP contribution in [0, 0.1) is 0 Å². The first-order valence-electron chi connectivity index (χ1n) is 9.04. The number of para-hydroxylation sites is 1. The fourth-order valence-electron chi connectivity index (χ4n) is 3.23. The molecule has 0 aliphatic carbocycles. The van der Waals surface area contributed by atoms with Crippen molar-refractivity contribution in [3.05, 3.63) is 69.9 Å². The summed E-state index contributed by atoms with van der Waals surface area (Å²) in [5.41, 5.74) is 4.32. The Morgan fingerprint density at radius 3 is 2.82 bits per heavy atom. The molecule has 0 aliphatic heterocycles. The summed E-state index contributed by atoms with van der Waals surface area (Å²) < 4.78 is 1.49. The van der Waals surface area contributed by atoms with Gasteiger partial charge < -0.3 is 10.3 Å². The van der Waals surface area contributed by atoms with Crippen molar-refractivity contribution in [2.45, 2.75) is 19.9 Å². The molecule has 3 heterocycles. The van der Waals surface area contributed by atoms with Crippen molar-refractivity contribution >= 4 is 34.1 Å². The first kappa shape index (κ1) is 17.8. The second-order valence-electron chi connectivity index (χ2n) is 6.96. The van der Waals surface area contributed by atoms with Gasteiger partial charge in [0.1, 0.15) is 0 Å². The van der Waals surface area contributed by atoms with E-state index in [1.54, 1.807) is 26.2 Å². The number of hydrogen-bond acceptors (Lipinski definition) is 3. The van der Waals surface area contributed by atoms with Crippen molar-refractivity contribution in [1.29, 1.82) is 0 Å². The Balaban J connectivity index is 1.53. The van der Waals surface area contributed by atoms with Crippen molar-refractivity contribution in [3.63, 3.8) is 0 Å². The summed E-state index contributed by atoms with van der Waals surface area (Å²) >= 11 is 0. The fourth-order valence-corrected chi connectivity index (χ4v) is 3.23. The minimum absolute atomic E-state index is 0.158. The van der Waals surface area contributed by atoms with Crippen molar-refractivity contribution in [2.24, 2.45) is 7.05 Å². The summed E-state index contributed by atoms with van der Waals surface area (Å²) in [6.07, 6.45) is 3.40. The third kappa shape index (κ3) is 3.22. The lowest BCUT2D eigenvalue weighted by Crippen LogP contribution is -2.27. The highest BCUT2D eigenvalue weighted by Gasteiger charge is 2.13. The van der Waals surface area contributed by atoms with Crippen LogP contribution in [0.15, 0.2) is 53.0 Å². The molecule has 1 unspecified atom stereocenters. The number of nitrogens with one attached hydrogen (secondary N) is 3. The summed E-state index contributed by atoms with van der Waals surface area (Å²) in [5, 5.41) is 4.12. The van der Waals surface area contributed by atoms with E-state index in [0.29, 0.717) is 16.7 Å². The molecule has 4 aromatic rings. The molecule has 3 aromatic heterocycles. The maximum atomic E-state index is 12.6. The minimum Gasteiger partial charge on any atom is -0.357 e. The van der Waals surface area contributed by atoms with Crippen LogP contribution in [-0.2, 0) is 11.8 Å². The summed E-state index contributed by atoms with van der Waals surface area (Å²) in [7, 11) is 1.68. The number of hydrogen-bond donors (Lipinski definition) is 3. The summed E-state index contributed by atoms with van der Waals surface area (Å²) in [6, 6.07) is 11.7. The number of H-pyrrole nitrogens is 2. The van der Waals surface area contributed by atoms with Crippen LogP contribution in [0.25, 0.3) is 28.1 Å². The van der Waals surface area contributed by atoms with Gasteiger partial charge in [0, 0.05) is 30.0 Å². The van der Waals surface area contributed by atoms with Gasteiger partial charge in [-0.3, -0.25) is 14.3 Å². The number of aryl methyl sites for hydroxylation is 1. The van der Waals surface area contributed by atoms with Gasteiger partial charge in [0.25, 0.3) is 0 Å². The van der Waals surface area contributed by atoms with Crippen molar-refractivity contribution in [3.8, 4) is 0 Å². The monoisotopic (exact) mass is 375 g/mol. The number of benzene rings is 1. The fraction of sp³-hybridized carbons (Fsp3) is 0.190. The maximum absolute atomic E-state index is 12.6. The predicted molar refractivity (Wildman–Crippen MR) is 110 cm³/mol. The lowest BCUT2D eigenvalue weighted by atomic mass is 10.1. The van der Waals surface area contributed by atoms with Crippen LogP contribution in [0.5, 0.6) is 0 Å². The van der Waals surface area contributed by atoms with Crippen molar-refractivity contribution in [1.82, 2.24) is 24.8 Å². The molecule has 0 spiro atoms. The van der Waals surface area contributed by atoms with E-state index in [0.717, 1.165) is 22.2 Å². The van der Waals surface area contributed by atoms with Gasteiger partial charge in [-0.1, -0.05) is 18.2 Å². The van der Waals surface area contributed by atoms with Crippen LogP contribution in [-0.4, -0.2) is 25.4 Å². The van der Waals surface area contributed by atoms with E-state index in [2.05, 4.69) is 20.3 Å². The number of fused-ring (bicyclic) bond motifs is 2. The van der Waals surface area contributed by atoms with Crippen LogP contribution >= 0.6 is 0 Å². The molecule has 0 bridgehead atoms. The number of nitrogens with zero attached hydrogens (tertiary/aromatic N) is 2. The van der Waals surface area contributed by atoms with E-state index in [1.165, 1.54) is 4.57 Å². The SMILES string of the molecule is CC(=Cc1cnc2[nH]c(=O)n(C)c2c1)C(=O)NC(C)c1cc2ccccc2[nH]1. The number of rotatable bonds is 4. The maximum Gasteiger partial charge on any atom is 0.327 e. The van der Waals surface area contributed by atoms with Crippen LogP contribution in [0.2, 0.25) is 0 Å². The topological polar surface area (TPSA) is 95.6 Å². The summed E-state index contributed by atoms with van der Waals surface area (Å²) in [6.45, 7) is 3.70. The number of amides is 1. The smallest absolute Gasteiger partial charge is 0.327 e. The molecule has 7 heteroatoms. The Kier molecular flexibility index (Phi) is 4.35. The van der Waals surface area contributed by atoms with Gasteiger partial charge in [-0.2, -0.15) is 0 Å². The number of carbonyl (C=O) groups is 1. The van der Waals surface area contributed by atoms with E-state index >= 15 is 0 Å². The van der Waals surface area contributed by atoms with Crippen molar-refractivity contribution in [2.75, 3.05) is 0 Å². The molecule has 1 atom stereocenters. The number of imidazole rings is 1. The molecular weight excluding hydrogens is 354 g/mol. The molecule has 7 nitrogen and oxygen atoms in total. The normalized spacial score (nSPS) is 13.2. The van der Waals surface area contributed by atoms with Gasteiger partial charge in [0.2, 0.25) is 5.91 Å². The zero-order chi connectivity index (χ0) is 19.8. The lowest BCUT2D eigenvalue weighted by Gasteiger charge is -2.12. The molecule has 28 heavy (non-hydrogen) atoms. The number of aromatic amines is 2. The van der Waals surface area contributed by atoms with Crippen molar-refractivity contribution < 1.29 is 4.79 Å². The van der Waals surface area contributed by atoms with Gasteiger partial charge in [-0.25, -0.2) is 9.78 Å². The Bertz CT molecular complexity index is 1240. The standard InChI is InChI=1S/C21H21N5O2/c1-12(8-14-9-18-19(22-11-14)25-21(28)26(18)3)20(27)23-13(2)17-10-15-6-4-5-7-16(15)24-17/h4-11,13,24H,1-3H3,(H,23,27)(H,22,25,28). The molecule has 4 rings (SSSR count). The van der Waals surface area contributed by atoms with Crippen LogP contribution in [0.1, 0.15) is 31.1 Å². The van der Waals surface area contributed by atoms with Gasteiger partial charge >= 0.3 is 5.69 Å². The van der Waals surface area contributed by atoms with Gasteiger partial charge in [0.15, 0.2) is 5.65 Å². The van der Waals surface area contributed by atoms with Crippen LogP contribution in [0.4, 0.5) is 0 Å². The third-order valence-electron chi connectivity index (χ3n) is 4.89. The second kappa shape index (κ2) is 6.84. The van der Waals surface area contributed by atoms with Crippen LogP contribution in [0.3, 0.4) is 0 Å². The highest BCUT2D eigenvalue weighted by atomic mass is 16.2. The molecule has 0 saturated carbocycles. The third-order valence-corrected chi connectivity index (χ3v) is 4.89. The molecule has 0 fully saturated rings. The highest BCUT2D eigenvalue weighted by molar-refractivity contribution is 5.97. The van der Waals surface area contributed by atoms with Gasteiger partial charge in [-0.15, -0.1) is 0 Å².